The molecule has 7 nitrogen and oxygen atoms in total. The number of aromatic nitrogens is 4. The maximum atomic E-state index is 13.5. The summed E-state index contributed by atoms with van der Waals surface area (Å²) in [7, 11) is 1.58. The molecule has 33 heavy (non-hydrogen) atoms. The highest BCUT2D eigenvalue weighted by Crippen LogP contribution is 2.39. The molecular weight excluding hydrogens is 459 g/mol. The molecule has 0 amide bonds. The number of hydrogen-bond acceptors (Lipinski definition) is 6. The Morgan fingerprint density at radius 2 is 1.79 bits per heavy atom. The molecule has 0 saturated heterocycles. The van der Waals surface area contributed by atoms with Crippen molar-refractivity contribution in [2.75, 3.05) is 5.73 Å². The van der Waals surface area contributed by atoms with Crippen LogP contribution in [-0.4, -0.2) is 19.7 Å². The Bertz CT molecular complexity index is 1310. The quantitative estimate of drug-likeness (QED) is 0.396. The summed E-state index contributed by atoms with van der Waals surface area (Å²) in [6.07, 6.45) is -3.25. The van der Waals surface area contributed by atoms with Gasteiger partial charge in [-0.2, -0.15) is 18.2 Å². The van der Waals surface area contributed by atoms with Gasteiger partial charge in [-0.1, -0.05) is 29.8 Å². The SMILES string of the molecule is Cn1c(-c2ccccc2C(F)(F)F)nnc1C(C)(C)Oc1ccc(Cl)cc1-c1nc(N)co1. The largest absolute Gasteiger partial charge is 0.479 e. The van der Waals surface area contributed by atoms with Crippen molar-refractivity contribution in [2.24, 2.45) is 7.05 Å². The zero-order valence-corrected chi connectivity index (χ0v) is 18.6. The maximum absolute atomic E-state index is 13.5. The standard InChI is InChI=1S/C22H19ClF3N5O2/c1-21(2,33-16-9-8-12(23)10-14(16)19-28-17(27)11-32-19)20-30-29-18(31(20)3)13-6-4-5-7-15(13)22(24,25)26/h4-11H,27H2,1-3H3. The second-order valence-corrected chi connectivity index (χ2v) is 8.22. The van der Waals surface area contributed by atoms with Crippen molar-refractivity contribution in [2.45, 2.75) is 25.6 Å². The number of halogens is 4. The van der Waals surface area contributed by atoms with E-state index >= 15 is 0 Å². The molecule has 0 aliphatic rings. The normalized spacial score (nSPS) is 12.2. The summed E-state index contributed by atoms with van der Waals surface area (Å²) in [5.41, 5.74) is 4.14. The number of nitrogen functional groups attached to an aromatic ring is 1. The molecule has 0 aliphatic heterocycles. The van der Waals surface area contributed by atoms with Gasteiger partial charge in [-0.15, -0.1) is 10.2 Å². The van der Waals surface area contributed by atoms with Gasteiger partial charge < -0.3 is 19.5 Å². The fourth-order valence-corrected chi connectivity index (χ4v) is 3.67. The van der Waals surface area contributed by atoms with Crippen LogP contribution in [0.3, 0.4) is 0 Å². The molecular formula is C22H19ClF3N5O2. The predicted molar refractivity (Wildman–Crippen MR) is 116 cm³/mol. The summed E-state index contributed by atoms with van der Waals surface area (Å²) in [5.74, 6) is 1.13. The van der Waals surface area contributed by atoms with E-state index in [0.29, 0.717) is 22.2 Å². The number of nitrogens with two attached hydrogens (primary N) is 1. The molecule has 0 radical (unpaired) electrons. The number of oxazole rings is 1. The Hall–Kier alpha value is -3.53. The monoisotopic (exact) mass is 477 g/mol. The summed E-state index contributed by atoms with van der Waals surface area (Å²) in [6, 6.07) is 10.1. The molecule has 2 heterocycles. The van der Waals surface area contributed by atoms with Crippen molar-refractivity contribution in [1.82, 2.24) is 19.7 Å². The minimum absolute atomic E-state index is 0.0615. The van der Waals surface area contributed by atoms with Gasteiger partial charge in [0.15, 0.2) is 23.1 Å². The van der Waals surface area contributed by atoms with Gasteiger partial charge >= 0.3 is 6.18 Å². The first kappa shape index (κ1) is 22.7. The van der Waals surface area contributed by atoms with Crippen LogP contribution in [0.25, 0.3) is 22.8 Å². The fourth-order valence-electron chi connectivity index (χ4n) is 3.50. The van der Waals surface area contributed by atoms with Crippen LogP contribution in [0.4, 0.5) is 19.0 Å². The van der Waals surface area contributed by atoms with Gasteiger partial charge in [0.25, 0.3) is 0 Å². The number of rotatable bonds is 5. The first-order valence-electron chi connectivity index (χ1n) is 9.74. The van der Waals surface area contributed by atoms with Crippen LogP contribution in [0.2, 0.25) is 5.02 Å². The molecule has 4 rings (SSSR count). The molecule has 4 aromatic rings. The molecule has 0 saturated carbocycles. The van der Waals surface area contributed by atoms with E-state index in [4.69, 9.17) is 26.5 Å². The van der Waals surface area contributed by atoms with Crippen LogP contribution in [-0.2, 0) is 18.8 Å². The number of anilines is 1. The third-order valence-corrected chi connectivity index (χ3v) is 5.18. The van der Waals surface area contributed by atoms with Crippen molar-refractivity contribution in [1.29, 1.82) is 0 Å². The first-order chi connectivity index (χ1) is 15.5. The average molecular weight is 478 g/mol. The lowest BCUT2D eigenvalue weighted by Gasteiger charge is -2.26. The fraction of sp³-hybridized carbons (Fsp3) is 0.227. The zero-order chi connectivity index (χ0) is 24.0. The molecule has 172 valence electrons. The lowest BCUT2D eigenvalue weighted by molar-refractivity contribution is -0.137. The summed E-state index contributed by atoms with van der Waals surface area (Å²) < 4.78 is 53.6. The van der Waals surface area contributed by atoms with E-state index in [1.54, 1.807) is 39.1 Å². The van der Waals surface area contributed by atoms with Gasteiger partial charge in [0.1, 0.15) is 12.0 Å². The highest BCUT2D eigenvalue weighted by Gasteiger charge is 2.36. The highest BCUT2D eigenvalue weighted by atomic mass is 35.5. The van der Waals surface area contributed by atoms with Crippen molar-refractivity contribution in [3.63, 3.8) is 0 Å². The Kier molecular flexibility index (Phi) is 5.57. The van der Waals surface area contributed by atoms with Crippen LogP contribution in [0.15, 0.2) is 53.1 Å². The van der Waals surface area contributed by atoms with Gasteiger partial charge in [0, 0.05) is 17.6 Å². The van der Waals surface area contributed by atoms with Gasteiger partial charge in [0.2, 0.25) is 5.89 Å². The smallest absolute Gasteiger partial charge is 0.417 e. The molecule has 11 heteroatoms. The summed E-state index contributed by atoms with van der Waals surface area (Å²) in [6.45, 7) is 3.44. The lowest BCUT2D eigenvalue weighted by Crippen LogP contribution is -2.29. The van der Waals surface area contributed by atoms with E-state index in [0.717, 1.165) is 6.07 Å². The van der Waals surface area contributed by atoms with Crippen molar-refractivity contribution < 1.29 is 22.3 Å². The lowest BCUT2D eigenvalue weighted by atomic mass is 10.1. The molecule has 0 atom stereocenters. The summed E-state index contributed by atoms with van der Waals surface area (Å²) in [4.78, 5) is 4.11. The molecule has 2 N–H and O–H groups in total. The van der Waals surface area contributed by atoms with E-state index in [9.17, 15) is 13.2 Å². The van der Waals surface area contributed by atoms with Gasteiger partial charge in [-0.3, -0.25) is 0 Å². The van der Waals surface area contributed by atoms with Crippen LogP contribution < -0.4 is 10.5 Å². The average Bonchev–Trinajstić information content (AvgIpc) is 3.34. The second-order valence-electron chi connectivity index (χ2n) is 7.78. The molecule has 0 spiro atoms. The van der Waals surface area contributed by atoms with Gasteiger partial charge in [-0.25, -0.2) is 0 Å². The van der Waals surface area contributed by atoms with Crippen LogP contribution in [0, 0.1) is 0 Å². The third kappa shape index (κ3) is 4.38. The van der Waals surface area contributed by atoms with Crippen molar-refractivity contribution in [3.05, 3.63) is 65.1 Å². The van der Waals surface area contributed by atoms with Gasteiger partial charge in [0.05, 0.1) is 11.1 Å². The Balaban J connectivity index is 1.74. The van der Waals surface area contributed by atoms with Crippen molar-refractivity contribution >= 4 is 17.4 Å². The number of ether oxygens (including phenoxy) is 1. The molecule has 0 unspecified atom stereocenters. The van der Waals surface area contributed by atoms with Crippen LogP contribution in [0.5, 0.6) is 5.75 Å². The summed E-state index contributed by atoms with van der Waals surface area (Å²) >= 11 is 6.14. The predicted octanol–water partition coefficient (Wildman–Crippen LogP) is 5.71. The molecule has 0 aliphatic carbocycles. The van der Waals surface area contributed by atoms with E-state index in [1.165, 1.54) is 29.0 Å². The summed E-state index contributed by atoms with van der Waals surface area (Å²) in [5, 5.41) is 8.60. The maximum Gasteiger partial charge on any atom is 0.417 e. The molecule has 0 bridgehead atoms. The van der Waals surface area contributed by atoms with E-state index in [2.05, 4.69) is 15.2 Å². The van der Waals surface area contributed by atoms with E-state index in [-0.39, 0.29) is 23.1 Å². The van der Waals surface area contributed by atoms with E-state index < -0.39 is 17.3 Å². The number of nitrogens with zero attached hydrogens (tertiary/aromatic N) is 4. The molecule has 2 aromatic heterocycles. The third-order valence-electron chi connectivity index (χ3n) is 4.95. The highest BCUT2D eigenvalue weighted by molar-refractivity contribution is 6.30. The Labute approximate surface area is 192 Å². The van der Waals surface area contributed by atoms with E-state index in [1.807, 2.05) is 0 Å². The first-order valence-corrected chi connectivity index (χ1v) is 10.1. The second kappa shape index (κ2) is 8.11. The topological polar surface area (TPSA) is 92.0 Å². The molecule has 0 fully saturated rings. The molecule has 2 aromatic carbocycles. The Morgan fingerprint density at radius 1 is 1.06 bits per heavy atom. The van der Waals surface area contributed by atoms with Crippen molar-refractivity contribution in [3.8, 4) is 28.6 Å². The number of benzene rings is 2. The Morgan fingerprint density at radius 3 is 2.45 bits per heavy atom. The number of alkyl halides is 3. The number of hydrogen-bond donors (Lipinski definition) is 1. The van der Waals surface area contributed by atoms with Crippen LogP contribution in [0.1, 0.15) is 25.2 Å². The zero-order valence-electron chi connectivity index (χ0n) is 17.8. The van der Waals surface area contributed by atoms with Crippen LogP contribution >= 0.6 is 11.6 Å². The van der Waals surface area contributed by atoms with Gasteiger partial charge in [-0.05, 0) is 38.1 Å². The minimum Gasteiger partial charge on any atom is -0.479 e. The minimum atomic E-state index is -4.54.